The predicted molar refractivity (Wildman–Crippen MR) is 107 cm³/mol. The minimum absolute atomic E-state index is 0.0736. The van der Waals surface area contributed by atoms with E-state index in [1.807, 2.05) is 0 Å². The summed E-state index contributed by atoms with van der Waals surface area (Å²) in [5, 5.41) is 15.8. The number of hydrogen-bond acceptors (Lipinski definition) is 2. The second-order valence-electron chi connectivity index (χ2n) is 6.57. The minimum Gasteiger partial charge on any atom is -0.481 e. The zero-order valence-electron chi connectivity index (χ0n) is 16.5. The van der Waals surface area contributed by atoms with Crippen LogP contribution in [0.3, 0.4) is 0 Å². The Bertz CT molecular complexity index is 267. The number of carboxylic acids is 2. The van der Waals surface area contributed by atoms with Gasteiger partial charge in [-0.25, -0.2) is 0 Å². The van der Waals surface area contributed by atoms with E-state index in [1.165, 1.54) is 64.2 Å². The van der Waals surface area contributed by atoms with Crippen molar-refractivity contribution in [2.75, 3.05) is 0 Å². The van der Waals surface area contributed by atoms with Crippen molar-refractivity contribution >= 4 is 33.1 Å². The van der Waals surface area contributed by atoms with E-state index in [1.54, 1.807) is 21.7 Å². The zero-order valence-corrected chi connectivity index (χ0v) is 19.4. The first-order valence-corrected chi connectivity index (χ1v) is 14.2. The minimum atomic E-state index is -1.08. The molecular weight excluding hydrogens is 423 g/mol. The number of carboxylic acid groups (broad SMARTS) is 2. The Labute approximate surface area is 165 Å². The van der Waals surface area contributed by atoms with Crippen molar-refractivity contribution in [3.05, 3.63) is 0 Å². The molecule has 0 atom stereocenters. The van der Waals surface area contributed by atoms with Gasteiger partial charge in [-0.2, -0.15) is 0 Å². The molecule has 0 aliphatic rings. The van der Waals surface area contributed by atoms with Gasteiger partial charge < -0.3 is 10.2 Å². The van der Waals surface area contributed by atoms with Crippen LogP contribution in [0.1, 0.15) is 104 Å². The van der Waals surface area contributed by atoms with Crippen LogP contribution >= 0.6 is 0 Å². The van der Waals surface area contributed by atoms with Gasteiger partial charge in [-0.3, -0.25) is 9.59 Å². The van der Waals surface area contributed by atoms with E-state index in [0.29, 0.717) is 0 Å². The SMILES string of the molecule is CCCCCCC[CH2][Sn][CH2]CCCCCCC.O=C(O)CCC(=O)O. The molecule has 0 saturated carbocycles. The summed E-state index contributed by atoms with van der Waals surface area (Å²) in [5.74, 6) is -2.15. The molecule has 148 valence electrons. The van der Waals surface area contributed by atoms with Gasteiger partial charge in [-0.1, -0.05) is 0 Å². The van der Waals surface area contributed by atoms with Crippen LogP contribution in [-0.4, -0.2) is 43.3 Å². The van der Waals surface area contributed by atoms with Crippen LogP contribution in [0.25, 0.3) is 0 Å². The molecular formula is C20H40O4Sn. The molecule has 0 fully saturated rings. The molecule has 0 bridgehead atoms. The Morgan fingerprint density at radius 3 is 1.24 bits per heavy atom. The van der Waals surface area contributed by atoms with Crippen LogP contribution in [0.15, 0.2) is 0 Å². The molecule has 0 aromatic heterocycles. The fourth-order valence-corrected chi connectivity index (χ4v) is 5.97. The number of carbonyl (C=O) groups is 2. The zero-order chi connectivity index (χ0) is 19.2. The molecule has 2 N–H and O–H groups in total. The predicted octanol–water partition coefficient (Wildman–Crippen LogP) is 6.18. The average Bonchev–Trinajstić information content (AvgIpc) is 2.58. The molecule has 0 heterocycles. The third-order valence-corrected chi connectivity index (χ3v) is 8.00. The van der Waals surface area contributed by atoms with E-state index in [2.05, 4.69) is 13.8 Å². The van der Waals surface area contributed by atoms with Gasteiger partial charge in [0, 0.05) is 0 Å². The first-order valence-electron chi connectivity index (χ1n) is 10.2. The second-order valence-corrected chi connectivity index (χ2v) is 10.9. The fraction of sp³-hybridized carbons (Fsp3) is 0.900. The van der Waals surface area contributed by atoms with Crippen LogP contribution in [0.5, 0.6) is 0 Å². The molecule has 0 saturated heterocycles. The first kappa shape index (κ1) is 27.0. The Balaban J connectivity index is 0. The summed E-state index contributed by atoms with van der Waals surface area (Å²) in [7, 11) is 0. The van der Waals surface area contributed by atoms with E-state index in [4.69, 9.17) is 10.2 Å². The van der Waals surface area contributed by atoms with Gasteiger partial charge in [0.05, 0.1) is 12.8 Å². The van der Waals surface area contributed by atoms with E-state index in [0.717, 1.165) is 0 Å². The van der Waals surface area contributed by atoms with Crippen molar-refractivity contribution in [3.63, 3.8) is 0 Å². The average molecular weight is 463 g/mol. The number of hydrogen-bond donors (Lipinski definition) is 2. The molecule has 0 aliphatic heterocycles. The molecule has 2 radical (unpaired) electrons. The maximum atomic E-state index is 9.64. The number of rotatable bonds is 17. The topological polar surface area (TPSA) is 74.6 Å². The van der Waals surface area contributed by atoms with Crippen LogP contribution in [0.4, 0.5) is 0 Å². The summed E-state index contributed by atoms with van der Waals surface area (Å²) in [6.07, 6.45) is 17.2. The molecule has 5 heteroatoms. The third kappa shape index (κ3) is 31.9. The third-order valence-electron chi connectivity index (χ3n) is 3.97. The van der Waals surface area contributed by atoms with Gasteiger partial charge in [-0.15, -0.1) is 0 Å². The summed E-state index contributed by atoms with van der Waals surface area (Å²) in [6.45, 7) is 4.60. The van der Waals surface area contributed by atoms with E-state index in [-0.39, 0.29) is 34.0 Å². The summed E-state index contributed by atoms with van der Waals surface area (Å²) < 4.78 is 3.31. The van der Waals surface area contributed by atoms with Gasteiger partial charge in [-0.05, 0) is 0 Å². The Hall–Kier alpha value is -0.261. The summed E-state index contributed by atoms with van der Waals surface area (Å²) in [4.78, 5) is 19.3. The van der Waals surface area contributed by atoms with Crippen molar-refractivity contribution in [1.29, 1.82) is 0 Å². The van der Waals surface area contributed by atoms with Crippen LogP contribution in [-0.2, 0) is 9.59 Å². The molecule has 0 aliphatic carbocycles. The summed E-state index contributed by atoms with van der Waals surface area (Å²) >= 11 is 0.0736. The first-order chi connectivity index (χ1) is 12.0. The van der Waals surface area contributed by atoms with E-state index < -0.39 is 11.9 Å². The van der Waals surface area contributed by atoms with Crippen LogP contribution < -0.4 is 0 Å². The van der Waals surface area contributed by atoms with E-state index >= 15 is 0 Å². The standard InChI is InChI=1S/2C8H17.C4H6O4.Sn/c2*1-3-5-7-8-6-4-2;5-3(6)1-2-4(7)8;/h2*1,3-8H2,2H3;1-2H2,(H,5,6)(H,7,8);. The van der Waals surface area contributed by atoms with Crippen molar-refractivity contribution in [3.8, 4) is 0 Å². The van der Waals surface area contributed by atoms with Crippen molar-refractivity contribution in [1.82, 2.24) is 0 Å². The van der Waals surface area contributed by atoms with Gasteiger partial charge in [0.2, 0.25) is 0 Å². The smallest absolute Gasteiger partial charge is 0.303 e. The van der Waals surface area contributed by atoms with Gasteiger partial charge >= 0.3 is 133 Å². The fourth-order valence-electron chi connectivity index (χ4n) is 2.40. The molecule has 4 nitrogen and oxygen atoms in total. The number of unbranched alkanes of at least 4 members (excludes halogenated alkanes) is 10. The van der Waals surface area contributed by atoms with Gasteiger partial charge in [0.15, 0.2) is 0 Å². The largest absolute Gasteiger partial charge is 0.481 e. The molecule has 0 rings (SSSR count). The Morgan fingerprint density at radius 2 is 0.920 bits per heavy atom. The monoisotopic (exact) mass is 464 g/mol. The van der Waals surface area contributed by atoms with Gasteiger partial charge in [0.25, 0.3) is 0 Å². The summed E-state index contributed by atoms with van der Waals surface area (Å²) in [6, 6.07) is 0. The van der Waals surface area contributed by atoms with Crippen LogP contribution in [0.2, 0.25) is 8.87 Å². The Morgan fingerprint density at radius 1 is 0.600 bits per heavy atom. The quantitative estimate of drug-likeness (QED) is 0.200. The number of aliphatic carboxylic acids is 2. The molecule has 0 aromatic rings. The summed E-state index contributed by atoms with van der Waals surface area (Å²) in [5.41, 5.74) is 0. The Kier molecular flexibility index (Phi) is 25.6. The van der Waals surface area contributed by atoms with E-state index in [9.17, 15) is 9.59 Å². The van der Waals surface area contributed by atoms with Crippen molar-refractivity contribution < 1.29 is 19.8 Å². The second kappa shape index (κ2) is 23.7. The molecule has 0 amide bonds. The van der Waals surface area contributed by atoms with Crippen molar-refractivity contribution in [2.45, 2.75) is 113 Å². The van der Waals surface area contributed by atoms with Crippen molar-refractivity contribution in [2.24, 2.45) is 0 Å². The molecule has 0 unspecified atom stereocenters. The molecule has 0 spiro atoms. The maximum absolute atomic E-state index is 9.64. The van der Waals surface area contributed by atoms with Gasteiger partial charge in [0.1, 0.15) is 0 Å². The molecule has 0 aromatic carbocycles. The normalized spacial score (nSPS) is 10.2. The van der Waals surface area contributed by atoms with Crippen LogP contribution in [0, 0.1) is 0 Å². The molecule has 25 heavy (non-hydrogen) atoms. The maximum Gasteiger partial charge on any atom is 0.303 e.